The van der Waals surface area contributed by atoms with E-state index < -0.39 is 0 Å². The van der Waals surface area contributed by atoms with Crippen LogP contribution >= 0.6 is 0 Å². The molecule has 0 spiro atoms. The third kappa shape index (κ3) is 4.73. The van der Waals surface area contributed by atoms with E-state index in [1.807, 2.05) is 0 Å². The summed E-state index contributed by atoms with van der Waals surface area (Å²) in [4.78, 5) is 0. The third-order valence-corrected chi connectivity index (χ3v) is 2.61. The first kappa shape index (κ1) is 11.9. The SMILES string of the molecule is COCCCC(N)C(C)C(C)C. The minimum atomic E-state index is 0.333. The summed E-state index contributed by atoms with van der Waals surface area (Å²) in [5.74, 6) is 1.30. The monoisotopic (exact) mass is 173 g/mol. The van der Waals surface area contributed by atoms with Crippen LogP contribution in [0.2, 0.25) is 0 Å². The molecule has 0 saturated heterocycles. The van der Waals surface area contributed by atoms with Crippen LogP contribution in [-0.2, 0) is 4.74 Å². The third-order valence-electron chi connectivity index (χ3n) is 2.61. The molecule has 0 saturated carbocycles. The summed E-state index contributed by atoms with van der Waals surface area (Å²) in [7, 11) is 1.73. The lowest BCUT2D eigenvalue weighted by Crippen LogP contribution is -2.31. The first-order valence-corrected chi connectivity index (χ1v) is 4.84. The molecule has 0 heterocycles. The van der Waals surface area contributed by atoms with Gasteiger partial charge in [0.1, 0.15) is 0 Å². The zero-order valence-corrected chi connectivity index (χ0v) is 8.84. The van der Waals surface area contributed by atoms with Gasteiger partial charge in [0.25, 0.3) is 0 Å². The standard InChI is InChI=1S/C10H23NO/c1-8(2)9(3)10(11)6-5-7-12-4/h8-10H,5-7,11H2,1-4H3. The summed E-state index contributed by atoms with van der Waals surface area (Å²) < 4.78 is 4.98. The topological polar surface area (TPSA) is 35.2 Å². The van der Waals surface area contributed by atoms with Gasteiger partial charge < -0.3 is 10.5 Å². The van der Waals surface area contributed by atoms with Crippen LogP contribution in [0.5, 0.6) is 0 Å². The van der Waals surface area contributed by atoms with Gasteiger partial charge in [-0.2, -0.15) is 0 Å². The van der Waals surface area contributed by atoms with Gasteiger partial charge in [0.2, 0.25) is 0 Å². The van der Waals surface area contributed by atoms with E-state index in [0.29, 0.717) is 17.9 Å². The summed E-state index contributed by atoms with van der Waals surface area (Å²) in [6.45, 7) is 7.50. The van der Waals surface area contributed by atoms with Crippen LogP contribution in [0.4, 0.5) is 0 Å². The fourth-order valence-electron chi connectivity index (χ4n) is 1.22. The molecular formula is C10H23NO. The van der Waals surface area contributed by atoms with Gasteiger partial charge in [0.15, 0.2) is 0 Å². The highest BCUT2D eigenvalue weighted by Crippen LogP contribution is 2.16. The van der Waals surface area contributed by atoms with Gasteiger partial charge >= 0.3 is 0 Å². The molecule has 0 rings (SSSR count). The summed E-state index contributed by atoms with van der Waals surface area (Å²) in [6.07, 6.45) is 2.15. The maximum Gasteiger partial charge on any atom is 0.0462 e. The Hall–Kier alpha value is -0.0800. The Labute approximate surface area is 76.5 Å². The molecule has 74 valence electrons. The minimum absolute atomic E-state index is 0.333. The van der Waals surface area contributed by atoms with Crippen molar-refractivity contribution in [1.29, 1.82) is 0 Å². The number of methoxy groups -OCH3 is 1. The Morgan fingerprint density at radius 2 is 1.83 bits per heavy atom. The maximum absolute atomic E-state index is 6.00. The average molecular weight is 173 g/mol. The number of rotatable bonds is 6. The van der Waals surface area contributed by atoms with Crippen LogP contribution < -0.4 is 5.73 Å². The first-order chi connectivity index (χ1) is 5.59. The lowest BCUT2D eigenvalue weighted by Gasteiger charge is -2.22. The molecular weight excluding hydrogens is 150 g/mol. The van der Waals surface area contributed by atoms with Crippen molar-refractivity contribution in [3.8, 4) is 0 Å². The summed E-state index contributed by atoms with van der Waals surface area (Å²) in [5.41, 5.74) is 6.00. The minimum Gasteiger partial charge on any atom is -0.385 e. The number of nitrogens with two attached hydrogens (primary N) is 1. The molecule has 0 aromatic rings. The number of hydrogen-bond donors (Lipinski definition) is 1. The van der Waals surface area contributed by atoms with E-state index in [4.69, 9.17) is 10.5 Å². The van der Waals surface area contributed by atoms with E-state index >= 15 is 0 Å². The fourth-order valence-corrected chi connectivity index (χ4v) is 1.22. The molecule has 2 heteroatoms. The molecule has 2 nitrogen and oxygen atoms in total. The first-order valence-electron chi connectivity index (χ1n) is 4.84. The van der Waals surface area contributed by atoms with Crippen molar-refractivity contribution in [2.24, 2.45) is 17.6 Å². The van der Waals surface area contributed by atoms with E-state index in [0.717, 1.165) is 19.4 Å². The van der Waals surface area contributed by atoms with Crippen LogP contribution in [-0.4, -0.2) is 19.8 Å². The van der Waals surface area contributed by atoms with Crippen molar-refractivity contribution in [1.82, 2.24) is 0 Å². The molecule has 2 unspecified atom stereocenters. The molecule has 0 amide bonds. The zero-order chi connectivity index (χ0) is 9.56. The largest absolute Gasteiger partial charge is 0.385 e. The lowest BCUT2D eigenvalue weighted by molar-refractivity contribution is 0.185. The van der Waals surface area contributed by atoms with E-state index in [-0.39, 0.29) is 0 Å². The molecule has 0 aromatic heterocycles. The van der Waals surface area contributed by atoms with Crippen molar-refractivity contribution >= 4 is 0 Å². The molecule has 12 heavy (non-hydrogen) atoms. The Morgan fingerprint density at radius 3 is 2.25 bits per heavy atom. The molecule has 0 aromatic carbocycles. The molecule has 0 aliphatic carbocycles. The van der Waals surface area contributed by atoms with Gasteiger partial charge in [-0.1, -0.05) is 20.8 Å². The highest BCUT2D eigenvalue weighted by Gasteiger charge is 2.15. The zero-order valence-electron chi connectivity index (χ0n) is 8.84. The maximum atomic E-state index is 6.00. The smallest absolute Gasteiger partial charge is 0.0462 e. The van der Waals surface area contributed by atoms with Gasteiger partial charge in [-0.05, 0) is 24.7 Å². The second-order valence-electron chi connectivity index (χ2n) is 3.90. The number of ether oxygens (including phenoxy) is 1. The van der Waals surface area contributed by atoms with Gasteiger partial charge in [-0.25, -0.2) is 0 Å². The molecule has 0 aliphatic rings. The van der Waals surface area contributed by atoms with Crippen LogP contribution in [0.1, 0.15) is 33.6 Å². The van der Waals surface area contributed by atoms with Crippen molar-refractivity contribution in [2.75, 3.05) is 13.7 Å². The van der Waals surface area contributed by atoms with Crippen molar-refractivity contribution in [3.05, 3.63) is 0 Å². The highest BCUT2D eigenvalue weighted by molar-refractivity contribution is 4.71. The van der Waals surface area contributed by atoms with Crippen LogP contribution in [0.25, 0.3) is 0 Å². The van der Waals surface area contributed by atoms with E-state index in [2.05, 4.69) is 20.8 Å². The fraction of sp³-hybridized carbons (Fsp3) is 1.00. The van der Waals surface area contributed by atoms with E-state index in [1.165, 1.54) is 0 Å². The Morgan fingerprint density at radius 1 is 1.25 bits per heavy atom. The summed E-state index contributed by atoms with van der Waals surface area (Å²) >= 11 is 0. The quantitative estimate of drug-likeness (QED) is 0.624. The van der Waals surface area contributed by atoms with Gasteiger partial charge in [-0.3, -0.25) is 0 Å². The number of hydrogen-bond acceptors (Lipinski definition) is 2. The van der Waals surface area contributed by atoms with Crippen molar-refractivity contribution in [2.45, 2.75) is 39.7 Å². The predicted molar refractivity (Wildman–Crippen MR) is 53.1 cm³/mol. The van der Waals surface area contributed by atoms with Crippen LogP contribution in [0.3, 0.4) is 0 Å². The van der Waals surface area contributed by atoms with Gasteiger partial charge in [0, 0.05) is 19.8 Å². The highest BCUT2D eigenvalue weighted by atomic mass is 16.5. The van der Waals surface area contributed by atoms with Crippen molar-refractivity contribution < 1.29 is 4.74 Å². The molecule has 2 atom stereocenters. The Balaban J connectivity index is 3.49. The molecule has 0 bridgehead atoms. The van der Waals surface area contributed by atoms with Gasteiger partial charge in [0.05, 0.1) is 0 Å². The van der Waals surface area contributed by atoms with E-state index in [1.54, 1.807) is 7.11 Å². The predicted octanol–water partition coefficient (Wildman–Crippen LogP) is 2.03. The average Bonchev–Trinajstić information content (AvgIpc) is 2.03. The van der Waals surface area contributed by atoms with Gasteiger partial charge in [-0.15, -0.1) is 0 Å². The Kier molecular flexibility index (Phi) is 6.39. The van der Waals surface area contributed by atoms with Crippen LogP contribution in [0.15, 0.2) is 0 Å². The summed E-state index contributed by atoms with van der Waals surface area (Å²) in [5, 5.41) is 0. The molecule has 0 fully saturated rings. The molecule has 0 aliphatic heterocycles. The van der Waals surface area contributed by atoms with E-state index in [9.17, 15) is 0 Å². The van der Waals surface area contributed by atoms with Crippen LogP contribution in [0, 0.1) is 11.8 Å². The van der Waals surface area contributed by atoms with Crippen molar-refractivity contribution in [3.63, 3.8) is 0 Å². The molecule has 0 radical (unpaired) electrons. The lowest BCUT2D eigenvalue weighted by atomic mass is 9.88. The Bertz CT molecular complexity index is 104. The second kappa shape index (κ2) is 6.44. The molecule has 2 N–H and O–H groups in total. The normalized spacial score (nSPS) is 16.5. The second-order valence-corrected chi connectivity index (χ2v) is 3.90. The summed E-state index contributed by atoms with van der Waals surface area (Å²) in [6, 6.07) is 0.333.